The van der Waals surface area contributed by atoms with E-state index in [1.54, 1.807) is 0 Å². The number of carbonyl (C=O) groups excluding carboxylic acids is 1. The predicted octanol–water partition coefficient (Wildman–Crippen LogP) is 3.54. The summed E-state index contributed by atoms with van der Waals surface area (Å²) in [6, 6.07) is 4.27. The van der Waals surface area contributed by atoms with Gasteiger partial charge in [0.05, 0.1) is 8.66 Å². The van der Waals surface area contributed by atoms with Gasteiger partial charge in [-0.3, -0.25) is 4.79 Å². The van der Waals surface area contributed by atoms with Gasteiger partial charge in [-0.05, 0) is 60.4 Å². The highest BCUT2D eigenvalue weighted by Gasteiger charge is 2.26. The standard InChI is InChI=1S/C13H19BrN2OS.ClH/c1-2-9-16(10-5-7-15-8-6-10)13(17)11-3-4-12(14)18-11;/h3-4,10,15H,2,5-9H2,1H3;1H. The third kappa shape index (κ3) is 4.45. The Morgan fingerprint density at radius 2 is 2.16 bits per heavy atom. The summed E-state index contributed by atoms with van der Waals surface area (Å²) in [5.74, 6) is 0.194. The molecule has 1 N–H and O–H groups in total. The van der Waals surface area contributed by atoms with Crippen LogP contribution in [0.1, 0.15) is 35.9 Å². The molecule has 2 heterocycles. The van der Waals surface area contributed by atoms with Crippen molar-refractivity contribution in [3.63, 3.8) is 0 Å². The average molecular weight is 368 g/mol. The Morgan fingerprint density at radius 1 is 1.47 bits per heavy atom. The number of halogens is 2. The van der Waals surface area contributed by atoms with Crippen LogP contribution in [0.5, 0.6) is 0 Å². The minimum atomic E-state index is 0. The molecule has 0 saturated carbocycles. The molecule has 1 aliphatic rings. The zero-order chi connectivity index (χ0) is 13.0. The van der Waals surface area contributed by atoms with Crippen molar-refractivity contribution in [1.29, 1.82) is 0 Å². The molecule has 0 spiro atoms. The molecule has 108 valence electrons. The second kappa shape index (κ2) is 8.25. The van der Waals surface area contributed by atoms with Gasteiger partial charge in [-0.1, -0.05) is 6.92 Å². The zero-order valence-corrected chi connectivity index (χ0v) is 14.2. The minimum absolute atomic E-state index is 0. The third-order valence-electron chi connectivity index (χ3n) is 3.26. The van der Waals surface area contributed by atoms with Crippen molar-refractivity contribution < 1.29 is 4.79 Å². The van der Waals surface area contributed by atoms with E-state index in [0.717, 1.165) is 47.6 Å². The van der Waals surface area contributed by atoms with Crippen LogP contribution in [0.15, 0.2) is 15.9 Å². The molecule has 6 heteroatoms. The summed E-state index contributed by atoms with van der Waals surface area (Å²) < 4.78 is 1.02. The van der Waals surface area contributed by atoms with Crippen LogP contribution in [0.2, 0.25) is 0 Å². The molecule has 0 radical (unpaired) electrons. The molecule has 0 atom stereocenters. The first kappa shape index (κ1) is 17.0. The maximum atomic E-state index is 12.5. The Hall–Kier alpha value is -0.100. The van der Waals surface area contributed by atoms with Crippen LogP contribution in [0.3, 0.4) is 0 Å². The normalized spacial score (nSPS) is 15.9. The molecule has 1 saturated heterocycles. The average Bonchev–Trinajstić information content (AvgIpc) is 2.83. The van der Waals surface area contributed by atoms with Gasteiger partial charge in [0.2, 0.25) is 0 Å². The highest BCUT2D eigenvalue weighted by atomic mass is 79.9. The van der Waals surface area contributed by atoms with Crippen LogP contribution < -0.4 is 5.32 Å². The minimum Gasteiger partial charge on any atom is -0.335 e. The predicted molar refractivity (Wildman–Crippen MR) is 86.5 cm³/mol. The maximum absolute atomic E-state index is 12.5. The molecule has 19 heavy (non-hydrogen) atoms. The lowest BCUT2D eigenvalue weighted by atomic mass is 10.0. The first-order chi connectivity index (χ1) is 8.72. The Labute approximate surface area is 133 Å². The van der Waals surface area contributed by atoms with E-state index in [1.165, 1.54) is 11.3 Å². The molecule has 1 aromatic rings. The van der Waals surface area contributed by atoms with Crippen LogP contribution in [0, 0.1) is 0 Å². The molecule has 0 bridgehead atoms. The molecular weight excluding hydrogens is 348 g/mol. The van der Waals surface area contributed by atoms with Gasteiger partial charge in [0.15, 0.2) is 0 Å². The lowest BCUT2D eigenvalue weighted by molar-refractivity contribution is 0.0647. The second-order valence-electron chi connectivity index (χ2n) is 4.58. The fourth-order valence-electron chi connectivity index (χ4n) is 2.38. The van der Waals surface area contributed by atoms with Crippen molar-refractivity contribution in [2.75, 3.05) is 19.6 Å². The first-order valence-electron chi connectivity index (χ1n) is 6.49. The van der Waals surface area contributed by atoms with Gasteiger partial charge in [-0.2, -0.15) is 0 Å². The molecule has 1 aliphatic heterocycles. The smallest absolute Gasteiger partial charge is 0.264 e. The second-order valence-corrected chi connectivity index (χ2v) is 7.05. The molecule has 1 fully saturated rings. The van der Waals surface area contributed by atoms with Crippen LogP contribution in [-0.2, 0) is 0 Å². The number of piperidine rings is 1. The molecular formula is C13H20BrClN2OS. The maximum Gasteiger partial charge on any atom is 0.264 e. The lowest BCUT2D eigenvalue weighted by Gasteiger charge is -2.34. The number of hydrogen-bond donors (Lipinski definition) is 1. The highest BCUT2D eigenvalue weighted by molar-refractivity contribution is 9.11. The number of nitrogens with zero attached hydrogens (tertiary/aromatic N) is 1. The molecule has 0 unspecified atom stereocenters. The number of hydrogen-bond acceptors (Lipinski definition) is 3. The van der Waals surface area contributed by atoms with Crippen molar-refractivity contribution in [3.8, 4) is 0 Å². The van der Waals surface area contributed by atoms with Crippen molar-refractivity contribution >= 4 is 45.6 Å². The summed E-state index contributed by atoms with van der Waals surface area (Å²) in [6.07, 6.45) is 3.15. The van der Waals surface area contributed by atoms with Gasteiger partial charge < -0.3 is 10.2 Å². The Balaban J connectivity index is 0.00000180. The van der Waals surface area contributed by atoms with Gasteiger partial charge >= 0.3 is 0 Å². The quantitative estimate of drug-likeness (QED) is 0.883. The van der Waals surface area contributed by atoms with Crippen LogP contribution in [0.4, 0.5) is 0 Å². The van der Waals surface area contributed by atoms with Gasteiger partial charge in [0.1, 0.15) is 0 Å². The summed E-state index contributed by atoms with van der Waals surface area (Å²) in [4.78, 5) is 15.5. The van der Waals surface area contributed by atoms with E-state index >= 15 is 0 Å². The third-order valence-corrected chi connectivity index (χ3v) is 4.87. The SMILES string of the molecule is CCCN(C(=O)c1ccc(Br)s1)C1CCNCC1.Cl. The molecule has 1 amide bonds. The molecule has 2 rings (SSSR count). The van der Waals surface area contributed by atoms with Crippen molar-refractivity contribution in [1.82, 2.24) is 10.2 Å². The van der Waals surface area contributed by atoms with Gasteiger partial charge in [0.25, 0.3) is 5.91 Å². The Kier molecular flexibility index (Phi) is 7.36. The topological polar surface area (TPSA) is 32.3 Å². The van der Waals surface area contributed by atoms with E-state index in [-0.39, 0.29) is 18.3 Å². The summed E-state index contributed by atoms with van der Waals surface area (Å²) in [5.41, 5.74) is 0. The van der Waals surface area contributed by atoms with E-state index < -0.39 is 0 Å². The number of amides is 1. The van der Waals surface area contributed by atoms with Crippen LogP contribution in [0.25, 0.3) is 0 Å². The number of thiophene rings is 1. The lowest BCUT2D eigenvalue weighted by Crippen LogP contribution is -2.46. The summed E-state index contributed by atoms with van der Waals surface area (Å²) in [7, 11) is 0. The first-order valence-corrected chi connectivity index (χ1v) is 8.10. The summed E-state index contributed by atoms with van der Waals surface area (Å²) >= 11 is 4.95. The van der Waals surface area contributed by atoms with E-state index in [4.69, 9.17) is 0 Å². The fourth-order valence-corrected chi connectivity index (χ4v) is 3.72. The van der Waals surface area contributed by atoms with E-state index in [0.29, 0.717) is 6.04 Å². The fraction of sp³-hybridized carbons (Fsp3) is 0.615. The molecule has 3 nitrogen and oxygen atoms in total. The van der Waals surface area contributed by atoms with Gasteiger partial charge in [0, 0.05) is 12.6 Å². The van der Waals surface area contributed by atoms with Crippen molar-refractivity contribution in [3.05, 3.63) is 20.8 Å². The van der Waals surface area contributed by atoms with E-state index in [2.05, 4.69) is 33.1 Å². The van der Waals surface area contributed by atoms with E-state index in [9.17, 15) is 4.79 Å². The monoisotopic (exact) mass is 366 g/mol. The summed E-state index contributed by atoms with van der Waals surface area (Å²) in [6.45, 7) is 5.03. The highest BCUT2D eigenvalue weighted by Crippen LogP contribution is 2.25. The number of carbonyl (C=O) groups is 1. The number of nitrogens with one attached hydrogen (secondary N) is 1. The van der Waals surface area contributed by atoms with Crippen LogP contribution >= 0.6 is 39.7 Å². The van der Waals surface area contributed by atoms with Gasteiger partial charge in [-0.25, -0.2) is 0 Å². The van der Waals surface area contributed by atoms with Crippen LogP contribution in [-0.4, -0.2) is 36.5 Å². The number of rotatable bonds is 4. The molecule has 0 aromatic carbocycles. The summed E-state index contributed by atoms with van der Waals surface area (Å²) in [5, 5.41) is 3.35. The Morgan fingerprint density at radius 3 is 2.68 bits per heavy atom. The molecule has 1 aromatic heterocycles. The van der Waals surface area contributed by atoms with Crippen molar-refractivity contribution in [2.24, 2.45) is 0 Å². The van der Waals surface area contributed by atoms with Gasteiger partial charge in [-0.15, -0.1) is 23.7 Å². The zero-order valence-electron chi connectivity index (χ0n) is 11.0. The largest absolute Gasteiger partial charge is 0.335 e. The Bertz CT molecular complexity index is 407. The molecule has 0 aliphatic carbocycles. The van der Waals surface area contributed by atoms with Crippen molar-refractivity contribution in [2.45, 2.75) is 32.2 Å². The van der Waals surface area contributed by atoms with E-state index in [1.807, 2.05) is 12.1 Å².